The van der Waals surface area contributed by atoms with Crippen LogP contribution in [0.4, 0.5) is 0 Å². The summed E-state index contributed by atoms with van der Waals surface area (Å²) < 4.78 is 0. The van der Waals surface area contributed by atoms with E-state index in [1.165, 1.54) is 24.8 Å². The molecule has 2 fully saturated rings. The van der Waals surface area contributed by atoms with Crippen LogP contribution in [-0.2, 0) is 4.79 Å². The third-order valence-corrected chi connectivity index (χ3v) is 5.23. The number of rotatable bonds is 4. The average Bonchev–Trinajstić information content (AvgIpc) is 2.58. The maximum absolute atomic E-state index is 12.5. The fourth-order valence-electron chi connectivity index (χ4n) is 3.80. The standard InChI is InChI=1S/C18H28N4O.ClH/c1-14-5-2-3-7-16(14)21-18(23)13-22-10-9-20-12-17(22)15-6-4-8-19-11-15;/h4,6,8,11,14,16-17,20H,2-3,5,7,9-10,12-13H2,1H3,(H,21,23);1H. The molecule has 1 amide bonds. The number of carbonyl (C=O) groups excluding carboxylic acids is 1. The molecule has 24 heavy (non-hydrogen) atoms. The smallest absolute Gasteiger partial charge is 0.234 e. The van der Waals surface area contributed by atoms with Crippen LogP contribution in [0, 0.1) is 5.92 Å². The second-order valence-electron chi connectivity index (χ2n) is 6.91. The second-order valence-corrected chi connectivity index (χ2v) is 6.91. The van der Waals surface area contributed by atoms with Crippen molar-refractivity contribution < 1.29 is 4.79 Å². The molecule has 134 valence electrons. The van der Waals surface area contributed by atoms with Crippen LogP contribution in [0.25, 0.3) is 0 Å². The lowest BCUT2D eigenvalue weighted by atomic mass is 9.86. The van der Waals surface area contributed by atoms with Crippen molar-refractivity contribution in [1.29, 1.82) is 0 Å². The van der Waals surface area contributed by atoms with Crippen LogP contribution in [0.2, 0.25) is 0 Å². The number of nitrogens with one attached hydrogen (secondary N) is 2. The molecule has 1 aliphatic carbocycles. The highest BCUT2D eigenvalue weighted by molar-refractivity contribution is 5.85. The Morgan fingerprint density at radius 2 is 2.25 bits per heavy atom. The number of halogens is 1. The molecule has 6 heteroatoms. The second kappa shape index (κ2) is 9.35. The minimum Gasteiger partial charge on any atom is -0.352 e. The average molecular weight is 353 g/mol. The van der Waals surface area contributed by atoms with Crippen molar-refractivity contribution in [1.82, 2.24) is 20.5 Å². The van der Waals surface area contributed by atoms with Gasteiger partial charge in [0.15, 0.2) is 0 Å². The Bertz CT molecular complexity index is 513. The number of nitrogens with zero attached hydrogens (tertiary/aromatic N) is 2. The summed E-state index contributed by atoms with van der Waals surface area (Å²) in [6.45, 7) is 5.44. The SMILES string of the molecule is CC1CCCCC1NC(=O)CN1CCNCC1c1cccnc1.Cl. The number of hydrogen-bond donors (Lipinski definition) is 2. The van der Waals surface area contributed by atoms with Crippen molar-refractivity contribution in [2.75, 3.05) is 26.2 Å². The zero-order chi connectivity index (χ0) is 16.1. The summed E-state index contributed by atoms with van der Waals surface area (Å²) in [5.41, 5.74) is 1.18. The molecule has 2 aliphatic rings. The summed E-state index contributed by atoms with van der Waals surface area (Å²) in [6, 6.07) is 4.65. The molecule has 0 aromatic carbocycles. The van der Waals surface area contributed by atoms with Gasteiger partial charge in [-0.3, -0.25) is 14.7 Å². The van der Waals surface area contributed by atoms with Gasteiger partial charge < -0.3 is 10.6 Å². The molecule has 2 heterocycles. The van der Waals surface area contributed by atoms with Gasteiger partial charge in [-0.25, -0.2) is 0 Å². The minimum absolute atomic E-state index is 0. The van der Waals surface area contributed by atoms with E-state index >= 15 is 0 Å². The minimum atomic E-state index is 0. The Hall–Kier alpha value is -1.17. The third-order valence-electron chi connectivity index (χ3n) is 5.23. The molecule has 2 N–H and O–H groups in total. The highest BCUT2D eigenvalue weighted by atomic mass is 35.5. The van der Waals surface area contributed by atoms with Gasteiger partial charge in [0, 0.05) is 44.1 Å². The first-order chi connectivity index (χ1) is 11.2. The van der Waals surface area contributed by atoms with Gasteiger partial charge in [0.25, 0.3) is 0 Å². The Labute approximate surface area is 151 Å². The molecule has 1 aromatic heterocycles. The Morgan fingerprint density at radius 1 is 1.42 bits per heavy atom. The van der Waals surface area contributed by atoms with E-state index in [1.54, 1.807) is 6.20 Å². The molecule has 3 atom stereocenters. The topological polar surface area (TPSA) is 57.3 Å². The number of aromatic nitrogens is 1. The maximum Gasteiger partial charge on any atom is 0.234 e. The van der Waals surface area contributed by atoms with E-state index in [9.17, 15) is 4.79 Å². The number of hydrogen-bond acceptors (Lipinski definition) is 4. The zero-order valence-electron chi connectivity index (χ0n) is 14.4. The first-order valence-electron chi connectivity index (χ1n) is 8.88. The van der Waals surface area contributed by atoms with Gasteiger partial charge in [0.05, 0.1) is 6.54 Å². The van der Waals surface area contributed by atoms with E-state index < -0.39 is 0 Å². The van der Waals surface area contributed by atoms with Gasteiger partial charge in [0.2, 0.25) is 5.91 Å². The van der Waals surface area contributed by atoms with Crippen molar-refractivity contribution in [3.63, 3.8) is 0 Å². The van der Waals surface area contributed by atoms with Crippen molar-refractivity contribution in [2.24, 2.45) is 5.92 Å². The molecule has 0 spiro atoms. The molecule has 3 unspecified atom stereocenters. The predicted molar refractivity (Wildman–Crippen MR) is 98.2 cm³/mol. The molecule has 1 aromatic rings. The largest absolute Gasteiger partial charge is 0.352 e. The van der Waals surface area contributed by atoms with Gasteiger partial charge >= 0.3 is 0 Å². The lowest BCUT2D eigenvalue weighted by Crippen LogP contribution is -2.51. The van der Waals surface area contributed by atoms with Gasteiger partial charge in [-0.1, -0.05) is 25.8 Å². The summed E-state index contributed by atoms with van der Waals surface area (Å²) in [4.78, 5) is 19.0. The monoisotopic (exact) mass is 352 g/mol. The first kappa shape index (κ1) is 19.2. The van der Waals surface area contributed by atoms with E-state index in [1.807, 2.05) is 12.3 Å². The molecular weight excluding hydrogens is 324 g/mol. The van der Waals surface area contributed by atoms with Crippen LogP contribution < -0.4 is 10.6 Å². The highest BCUT2D eigenvalue weighted by Crippen LogP contribution is 2.24. The van der Waals surface area contributed by atoms with Crippen LogP contribution in [-0.4, -0.2) is 48.0 Å². The quantitative estimate of drug-likeness (QED) is 0.871. The van der Waals surface area contributed by atoms with Crippen LogP contribution in [0.3, 0.4) is 0 Å². The van der Waals surface area contributed by atoms with E-state index in [4.69, 9.17) is 0 Å². The van der Waals surface area contributed by atoms with Crippen molar-refractivity contribution >= 4 is 18.3 Å². The summed E-state index contributed by atoms with van der Waals surface area (Å²) in [5.74, 6) is 0.768. The molecule has 1 aliphatic heterocycles. The van der Waals surface area contributed by atoms with Crippen LogP contribution in [0.5, 0.6) is 0 Å². The molecule has 3 rings (SSSR count). The van der Waals surface area contributed by atoms with E-state index in [0.717, 1.165) is 26.1 Å². The fourth-order valence-corrected chi connectivity index (χ4v) is 3.80. The van der Waals surface area contributed by atoms with Gasteiger partial charge in [-0.15, -0.1) is 12.4 Å². The van der Waals surface area contributed by atoms with Gasteiger partial charge in [-0.2, -0.15) is 0 Å². The maximum atomic E-state index is 12.5. The Balaban J connectivity index is 0.00000208. The van der Waals surface area contributed by atoms with Gasteiger partial charge in [0.1, 0.15) is 0 Å². The lowest BCUT2D eigenvalue weighted by Gasteiger charge is -2.36. The van der Waals surface area contributed by atoms with Crippen molar-refractivity contribution in [3.05, 3.63) is 30.1 Å². The predicted octanol–water partition coefficient (Wildman–Crippen LogP) is 2.14. The van der Waals surface area contributed by atoms with E-state index in [-0.39, 0.29) is 24.4 Å². The Kier molecular flexibility index (Phi) is 7.46. The van der Waals surface area contributed by atoms with Crippen LogP contribution in [0.15, 0.2) is 24.5 Å². The molecule has 1 saturated carbocycles. The first-order valence-corrected chi connectivity index (χ1v) is 8.88. The number of carbonyl (C=O) groups is 1. The summed E-state index contributed by atoms with van der Waals surface area (Å²) in [7, 11) is 0. The third kappa shape index (κ3) is 4.91. The molecule has 5 nitrogen and oxygen atoms in total. The van der Waals surface area contributed by atoms with E-state index in [0.29, 0.717) is 18.5 Å². The molecule has 0 radical (unpaired) electrons. The molecule has 1 saturated heterocycles. The summed E-state index contributed by atoms with van der Waals surface area (Å²) >= 11 is 0. The highest BCUT2D eigenvalue weighted by Gasteiger charge is 2.28. The molecular formula is C18H29ClN4O. The van der Waals surface area contributed by atoms with Crippen LogP contribution in [0.1, 0.15) is 44.2 Å². The molecule has 0 bridgehead atoms. The van der Waals surface area contributed by atoms with E-state index in [2.05, 4.69) is 33.5 Å². The van der Waals surface area contributed by atoms with Crippen molar-refractivity contribution in [3.8, 4) is 0 Å². The number of piperazine rings is 1. The summed E-state index contributed by atoms with van der Waals surface area (Å²) in [6.07, 6.45) is 8.60. The Morgan fingerprint density at radius 3 is 3.00 bits per heavy atom. The normalized spacial score (nSPS) is 28.0. The van der Waals surface area contributed by atoms with Gasteiger partial charge in [-0.05, 0) is 30.4 Å². The number of pyridine rings is 1. The van der Waals surface area contributed by atoms with Crippen LogP contribution >= 0.6 is 12.4 Å². The number of amides is 1. The van der Waals surface area contributed by atoms with Crippen molar-refractivity contribution in [2.45, 2.75) is 44.7 Å². The zero-order valence-corrected chi connectivity index (χ0v) is 15.2. The lowest BCUT2D eigenvalue weighted by molar-refractivity contribution is -0.124. The fraction of sp³-hybridized carbons (Fsp3) is 0.667. The summed E-state index contributed by atoms with van der Waals surface area (Å²) in [5, 5.41) is 6.70.